The van der Waals surface area contributed by atoms with E-state index >= 15 is 0 Å². The van der Waals surface area contributed by atoms with Crippen LogP contribution in [0, 0.1) is 0 Å². The molecule has 1 atom stereocenters. The van der Waals surface area contributed by atoms with E-state index in [1.54, 1.807) is 0 Å². The van der Waals surface area contributed by atoms with Crippen molar-refractivity contribution < 1.29 is 26.4 Å². The molecule has 116 valence electrons. The normalized spacial score (nSPS) is 21.0. The Balaban J connectivity index is 1.97. The van der Waals surface area contributed by atoms with Gasteiger partial charge in [-0.3, -0.25) is 0 Å². The zero-order valence-corrected chi connectivity index (χ0v) is 11.6. The highest BCUT2D eigenvalue weighted by Gasteiger charge is 2.31. The van der Waals surface area contributed by atoms with Gasteiger partial charge in [0.1, 0.15) is 0 Å². The van der Waals surface area contributed by atoms with Crippen LogP contribution in [0.2, 0.25) is 0 Å². The lowest BCUT2D eigenvalue weighted by atomic mass is 10.2. The lowest BCUT2D eigenvalue weighted by Gasteiger charge is -2.13. The van der Waals surface area contributed by atoms with Crippen molar-refractivity contribution in [1.29, 1.82) is 0 Å². The van der Waals surface area contributed by atoms with Crippen LogP contribution in [0.5, 0.6) is 0 Å². The number of benzene rings is 1. The summed E-state index contributed by atoms with van der Waals surface area (Å²) in [5.74, 6) is -0.148. The van der Waals surface area contributed by atoms with Crippen molar-refractivity contribution in [3.63, 3.8) is 0 Å². The molecule has 2 amide bonds. The number of amides is 2. The number of nitrogens with one attached hydrogen (secondary N) is 2. The number of hydrogen-bond acceptors (Lipinski definition) is 3. The van der Waals surface area contributed by atoms with Crippen LogP contribution in [-0.2, 0) is 16.0 Å². The molecule has 1 aromatic carbocycles. The average molecular weight is 322 g/mol. The smallest absolute Gasteiger partial charge is 0.334 e. The van der Waals surface area contributed by atoms with Crippen molar-refractivity contribution in [2.75, 3.05) is 16.8 Å². The molecule has 21 heavy (non-hydrogen) atoms. The highest BCUT2D eigenvalue weighted by atomic mass is 32.2. The van der Waals surface area contributed by atoms with Gasteiger partial charge in [0.25, 0.3) is 0 Å². The second-order valence-electron chi connectivity index (χ2n) is 4.78. The van der Waals surface area contributed by atoms with E-state index in [1.165, 1.54) is 12.1 Å². The molecule has 9 heteroatoms. The van der Waals surface area contributed by atoms with Crippen LogP contribution in [0.25, 0.3) is 0 Å². The van der Waals surface area contributed by atoms with Crippen LogP contribution in [0.3, 0.4) is 0 Å². The van der Waals surface area contributed by atoms with Gasteiger partial charge in [-0.05, 0) is 24.6 Å². The van der Waals surface area contributed by atoms with Gasteiger partial charge in [-0.25, -0.2) is 13.2 Å². The number of hydrogen-bond donors (Lipinski definition) is 2. The fourth-order valence-electron chi connectivity index (χ4n) is 2.03. The van der Waals surface area contributed by atoms with E-state index in [2.05, 4.69) is 10.6 Å². The first-order valence-corrected chi connectivity index (χ1v) is 7.93. The first kappa shape index (κ1) is 15.6. The van der Waals surface area contributed by atoms with Crippen molar-refractivity contribution in [2.45, 2.75) is 18.6 Å². The van der Waals surface area contributed by atoms with E-state index in [-0.39, 0.29) is 17.2 Å². The number of halogens is 3. The third-order valence-corrected chi connectivity index (χ3v) is 4.78. The number of sulfone groups is 1. The van der Waals surface area contributed by atoms with E-state index in [4.69, 9.17) is 0 Å². The van der Waals surface area contributed by atoms with Crippen molar-refractivity contribution in [3.05, 3.63) is 29.8 Å². The lowest BCUT2D eigenvalue weighted by Crippen LogP contribution is -2.38. The van der Waals surface area contributed by atoms with Gasteiger partial charge in [-0.2, -0.15) is 13.2 Å². The van der Waals surface area contributed by atoms with E-state index in [0.717, 1.165) is 12.1 Å². The van der Waals surface area contributed by atoms with Crippen LogP contribution in [0.1, 0.15) is 12.0 Å². The topological polar surface area (TPSA) is 75.3 Å². The fourth-order valence-corrected chi connectivity index (χ4v) is 3.71. The number of carbonyl (C=O) groups excluding carboxylic acids is 1. The van der Waals surface area contributed by atoms with Gasteiger partial charge < -0.3 is 10.6 Å². The summed E-state index contributed by atoms with van der Waals surface area (Å²) < 4.78 is 60.0. The van der Waals surface area contributed by atoms with Gasteiger partial charge in [-0.1, -0.05) is 6.07 Å². The summed E-state index contributed by atoms with van der Waals surface area (Å²) in [6.45, 7) is 0. The molecule has 1 saturated heterocycles. The average Bonchev–Trinajstić information content (AvgIpc) is 2.67. The molecule has 0 bridgehead atoms. The first-order chi connectivity index (χ1) is 9.66. The van der Waals surface area contributed by atoms with Gasteiger partial charge in [-0.15, -0.1) is 0 Å². The van der Waals surface area contributed by atoms with Crippen LogP contribution >= 0.6 is 0 Å². The van der Waals surface area contributed by atoms with E-state index in [0.29, 0.717) is 6.42 Å². The van der Waals surface area contributed by atoms with Crippen molar-refractivity contribution >= 4 is 21.6 Å². The monoisotopic (exact) mass is 322 g/mol. The maximum atomic E-state index is 12.5. The molecule has 0 unspecified atom stereocenters. The zero-order chi connectivity index (χ0) is 15.7. The molecule has 1 heterocycles. The predicted molar refractivity (Wildman–Crippen MR) is 70.7 cm³/mol. The molecule has 2 N–H and O–H groups in total. The van der Waals surface area contributed by atoms with Gasteiger partial charge in [0.15, 0.2) is 9.84 Å². The zero-order valence-electron chi connectivity index (χ0n) is 10.8. The van der Waals surface area contributed by atoms with E-state index in [1.807, 2.05) is 0 Å². The molecular weight excluding hydrogens is 309 g/mol. The maximum Gasteiger partial charge on any atom is 0.416 e. The maximum absolute atomic E-state index is 12.5. The van der Waals surface area contributed by atoms with Gasteiger partial charge in [0.05, 0.1) is 17.1 Å². The third-order valence-electron chi connectivity index (χ3n) is 3.02. The molecule has 1 aliphatic heterocycles. The summed E-state index contributed by atoms with van der Waals surface area (Å²) in [6, 6.07) is 2.97. The number of anilines is 1. The molecule has 0 saturated carbocycles. The van der Waals surface area contributed by atoms with Crippen molar-refractivity contribution in [2.24, 2.45) is 0 Å². The Morgan fingerprint density at radius 3 is 2.57 bits per heavy atom. The standard InChI is InChI=1S/C12H13F3N2O3S/c13-12(14,15)8-2-1-3-9(6-8)16-11(18)17-10-4-5-21(19,20)7-10/h1-3,6,10H,4-5,7H2,(H2,16,17,18)/t10-/m0/s1. The molecule has 0 aliphatic carbocycles. The Morgan fingerprint density at radius 1 is 1.29 bits per heavy atom. The highest BCUT2D eigenvalue weighted by molar-refractivity contribution is 7.91. The van der Waals surface area contributed by atoms with E-state index in [9.17, 15) is 26.4 Å². The Hall–Kier alpha value is -1.77. The minimum Gasteiger partial charge on any atom is -0.334 e. The van der Waals surface area contributed by atoms with Gasteiger partial charge >= 0.3 is 12.2 Å². The SMILES string of the molecule is O=C(Nc1cccc(C(F)(F)F)c1)N[C@H]1CCS(=O)(=O)C1. The quantitative estimate of drug-likeness (QED) is 0.874. The van der Waals surface area contributed by atoms with Gasteiger partial charge in [0.2, 0.25) is 0 Å². The minimum atomic E-state index is -4.49. The Kier molecular flexibility index (Phi) is 4.13. The molecule has 1 fully saturated rings. The Bertz CT molecular complexity index is 643. The van der Waals surface area contributed by atoms with Crippen LogP contribution in [0.4, 0.5) is 23.7 Å². The second-order valence-corrected chi connectivity index (χ2v) is 7.01. The Morgan fingerprint density at radius 2 is 2.00 bits per heavy atom. The third kappa shape index (κ3) is 4.35. The highest BCUT2D eigenvalue weighted by Crippen LogP contribution is 2.30. The summed E-state index contributed by atoms with van der Waals surface area (Å²) in [6.07, 6.45) is -4.19. The molecule has 2 rings (SSSR count). The number of alkyl halides is 3. The summed E-state index contributed by atoms with van der Waals surface area (Å²) in [4.78, 5) is 11.6. The second kappa shape index (κ2) is 5.55. The minimum absolute atomic E-state index is 0.00149. The van der Waals surface area contributed by atoms with Gasteiger partial charge in [0, 0.05) is 11.7 Å². The number of carbonyl (C=O) groups is 1. The van der Waals surface area contributed by atoms with Crippen LogP contribution in [-0.4, -0.2) is 32.0 Å². The molecule has 0 spiro atoms. The molecule has 1 aromatic rings. The lowest BCUT2D eigenvalue weighted by molar-refractivity contribution is -0.137. The summed E-state index contributed by atoms with van der Waals surface area (Å²) in [5.41, 5.74) is -0.882. The van der Waals surface area contributed by atoms with Crippen molar-refractivity contribution in [1.82, 2.24) is 5.32 Å². The molecule has 1 aliphatic rings. The largest absolute Gasteiger partial charge is 0.416 e. The number of rotatable bonds is 2. The molecular formula is C12H13F3N2O3S. The van der Waals surface area contributed by atoms with Crippen LogP contribution < -0.4 is 10.6 Å². The Labute approximate surface area is 119 Å². The predicted octanol–water partition coefficient (Wildman–Crippen LogP) is 2.01. The molecule has 5 nitrogen and oxygen atoms in total. The molecule has 0 aromatic heterocycles. The van der Waals surface area contributed by atoms with Crippen LogP contribution in [0.15, 0.2) is 24.3 Å². The first-order valence-electron chi connectivity index (χ1n) is 6.11. The van der Waals surface area contributed by atoms with Crippen molar-refractivity contribution in [3.8, 4) is 0 Å². The molecule has 0 radical (unpaired) electrons. The summed E-state index contributed by atoms with van der Waals surface area (Å²) in [5, 5.41) is 4.69. The summed E-state index contributed by atoms with van der Waals surface area (Å²) in [7, 11) is -3.13. The number of urea groups is 1. The summed E-state index contributed by atoms with van der Waals surface area (Å²) >= 11 is 0. The van der Waals surface area contributed by atoms with E-state index < -0.39 is 33.6 Å². The fraction of sp³-hybridized carbons (Fsp3) is 0.417.